The van der Waals surface area contributed by atoms with E-state index in [1.54, 1.807) is 11.8 Å². The summed E-state index contributed by atoms with van der Waals surface area (Å²) in [6.07, 6.45) is 1.18. The third-order valence-corrected chi connectivity index (χ3v) is 4.48. The summed E-state index contributed by atoms with van der Waals surface area (Å²) >= 11 is 0. The zero-order chi connectivity index (χ0) is 20.2. The van der Waals surface area contributed by atoms with Crippen molar-refractivity contribution in [2.75, 3.05) is 19.8 Å². The predicted molar refractivity (Wildman–Crippen MR) is 109 cm³/mol. The Balaban J connectivity index is 1.92. The maximum absolute atomic E-state index is 12.9. The first-order valence-corrected chi connectivity index (χ1v) is 9.79. The first kappa shape index (κ1) is 21.5. The fraction of sp³-hybridized carbons (Fsp3) is 0.391. The number of hydrogen-bond donors (Lipinski definition) is 0. The Bertz CT molecular complexity index is 718. The van der Waals surface area contributed by atoms with Crippen LogP contribution in [0.4, 0.5) is 0 Å². The molecule has 2 rings (SSSR count). The third kappa shape index (κ3) is 7.06. The largest absolute Gasteiger partial charge is 0.494 e. The topological polar surface area (TPSA) is 55.8 Å². The second kappa shape index (κ2) is 11.8. The van der Waals surface area contributed by atoms with Crippen molar-refractivity contribution in [3.05, 3.63) is 66.2 Å². The number of benzene rings is 2. The SMILES string of the molecule is CCOC(=O)CCN(C(=O)CCCOc1ccccc1)C(C)c1ccccc1. The van der Waals surface area contributed by atoms with Crippen molar-refractivity contribution in [1.29, 1.82) is 0 Å². The molecule has 2 aromatic rings. The van der Waals surface area contributed by atoms with Crippen molar-refractivity contribution >= 4 is 11.9 Å². The normalized spacial score (nSPS) is 11.5. The number of esters is 1. The van der Waals surface area contributed by atoms with E-state index in [-0.39, 0.29) is 24.3 Å². The van der Waals surface area contributed by atoms with E-state index < -0.39 is 0 Å². The molecule has 0 bridgehead atoms. The van der Waals surface area contributed by atoms with Crippen LogP contribution in [0.1, 0.15) is 44.7 Å². The number of para-hydroxylation sites is 1. The molecule has 0 aromatic heterocycles. The van der Waals surface area contributed by atoms with Crippen molar-refractivity contribution in [3.8, 4) is 5.75 Å². The lowest BCUT2D eigenvalue weighted by Crippen LogP contribution is -2.35. The average molecular weight is 383 g/mol. The molecule has 0 aliphatic carbocycles. The zero-order valence-corrected chi connectivity index (χ0v) is 16.7. The molecule has 1 unspecified atom stereocenters. The summed E-state index contributed by atoms with van der Waals surface area (Å²) in [5.74, 6) is 0.525. The van der Waals surface area contributed by atoms with Crippen LogP contribution < -0.4 is 4.74 Å². The lowest BCUT2D eigenvalue weighted by atomic mass is 10.1. The zero-order valence-electron chi connectivity index (χ0n) is 16.7. The monoisotopic (exact) mass is 383 g/mol. The highest BCUT2D eigenvalue weighted by Crippen LogP contribution is 2.21. The molecule has 0 N–H and O–H groups in total. The number of amides is 1. The minimum Gasteiger partial charge on any atom is -0.494 e. The van der Waals surface area contributed by atoms with Gasteiger partial charge in [0, 0.05) is 13.0 Å². The van der Waals surface area contributed by atoms with Crippen LogP contribution in [-0.2, 0) is 14.3 Å². The summed E-state index contributed by atoms with van der Waals surface area (Å²) in [5.41, 5.74) is 1.04. The maximum Gasteiger partial charge on any atom is 0.307 e. The second-order valence-electron chi connectivity index (χ2n) is 6.49. The molecule has 0 spiro atoms. The molecular formula is C23H29NO4. The summed E-state index contributed by atoms with van der Waals surface area (Å²) in [6, 6.07) is 19.3. The molecule has 2 aromatic carbocycles. The van der Waals surface area contributed by atoms with Crippen LogP contribution in [0.25, 0.3) is 0 Å². The van der Waals surface area contributed by atoms with Crippen molar-refractivity contribution in [2.24, 2.45) is 0 Å². The minimum absolute atomic E-state index is 0.0114. The van der Waals surface area contributed by atoms with Gasteiger partial charge in [-0.25, -0.2) is 0 Å². The Hall–Kier alpha value is -2.82. The molecule has 5 heteroatoms. The van der Waals surface area contributed by atoms with Crippen LogP contribution in [0.5, 0.6) is 5.75 Å². The summed E-state index contributed by atoms with van der Waals surface area (Å²) in [6.45, 7) is 4.92. The highest BCUT2D eigenvalue weighted by Gasteiger charge is 2.22. The average Bonchev–Trinajstić information content (AvgIpc) is 2.73. The van der Waals surface area contributed by atoms with E-state index in [4.69, 9.17) is 9.47 Å². The van der Waals surface area contributed by atoms with Crippen LogP contribution in [0.15, 0.2) is 60.7 Å². The Kier molecular flexibility index (Phi) is 9.05. The van der Waals surface area contributed by atoms with Gasteiger partial charge in [-0.05, 0) is 38.0 Å². The van der Waals surface area contributed by atoms with Gasteiger partial charge < -0.3 is 14.4 Å². The van der Waals surface area contributed by atoms with Gasteiger partial charge in [-0.1, -0.05) is 48.5 Å². The van der Waals surface area contributed by atoms with Gasteiger partial charge in [0.15, 0.2) is 0 Å². The number of ether oxygens (including phenoxy) is 2. The Morgan fingerprint density at radius 2 is 1.61 bits per heavy atom. The summed E-state index contributed by atoms with van der Waals surface area (Å²) in [5, 5.41) is 0. The number of hydrogen-bond acceptors (Lipinski definition) is 4. The fourth-order valence-corrected chi connectivity index (χ4v) is 2.96. The Labute approximate surface area is 167 Å². The maximum atomic E-state index is 12.9. The highest BCUT2D eigenvalue weighted by molar-refractivity contribution is 5.77. The molecule has 0 aliphatic heterocycles. The van der Waals surface area contributed by atoms with Crippen molar-refractivity contribution in [3.63, 3.8) is 0 Å². The standard InChI is InChI=1S/C23H29NO4/c1-3-27-23(26)16-17-24(19(2)20-11-6-4-7-12-20)22(25)15-10-18-28-21-13-8-5-9-14-21/h4-9,11-14,19H,3,10,15-18H2,1-2H3. The lowest BCUT2D eigenvalue weighted by Gasteiger charge is -2.29. The van der Waals surface area contributed by atoms with Gasteiger partial charge in [0.1, 0.15) is 5.75 Å². The number of rotatable bonds is 11. The van der Waals surface area contributed by atoms with Gasteiger partial charge in [-0.3, -0.25) is 9.59 Å². The lowest BCUT2D eigenvalue weighted by molar-refractivity contribution is -0.144. The number of carbonyl (C=O) groups is 2. The molecule has 150 valence electrons. The second-order valence-corrected chi connectivity index (χ2v) is 6.49. The van der Waals surface area contributed by atoms with Crippen LogP contribution in [-0.4, -0.2) is 36.5 Å². The highest BCUT2D eigenvalue weighted by atomic mass is 16.5. The van der Waals surface area contributed by atoms with Gasteiger partial charge in [0.25, 0.3) is 0 Å². The van der Waals surface area contributed by atoms with E-state index in [1.807, 2.05) is 67.6 Å². The van der Waals surface area contributed by atoms with E-state index in [0.29, 0.717) is 32.6 Å². The van der Waals surface area contributed by atoms with Gasteiger partial charge in [-0.15, -0.1) is 0 Å². The molecule has 0 fully saturated rings. The van der Waals surface area contributed by atoms with Crippen LogP contribution in [0.2, 0.25) is 0 Å². The Morgan fingerprint density at radius 3 is 2.25 bits per heavy atom. The van der Waals surface area contributed by atoms with Crippen LogP contribution in [0.3, 0.4) is 0 Å². The third-order valence-electron chi connectivity index (χ3n) is 4.48. The molecule has 1 amide bonds. The van der Waals surface area contributed by atoms with E-state index >= 15 is 0 Å². The molecule has 5 nitrogen and oxygen atoms in total. The summed E-state index contributed by atoms with van der Waals surface area (Å²) in [4.78, 5) is 26.4. The molecule has 1 atom stereocenters. The Morgan fingerprint density at radius 1 is 0.964 bits per heavy atom. The van der Waals surface area contributed by atoms with Gasteiger partial charge in [0.05, 0.1) is 25.7 Å². The quantitative estimate of drug-likeness (QED) is 0.427. The predicted octanol–water partition coefficient (Wildman–Crippen LogP) is 4.39. The number of carbonyl (C=O) groups excluding carboxylic acids is 2. The molecule has 28 heavy (non-hydrogen) atoms. The van der Waals surface area contributed by atoms with E-state index in [2.05, 4.69) is 0 Å². The first-order valence-electron chi connectivity index (χ1n) is 9.79. The van der Waals surface area contributed by atoms with E-state index in [9.17, 15) is 9.59 Å². The van der Waals surface area contributed by atoms with Crippen LogP contribution >= 0.6 is 0 Å². The molecular weight excluding hydrogens is 354 g/mol. The van der Waals surface area contributed by atoms with Gasteiger partial charge in [-0.2, -0.15) is 0 Å². The summed E-state index contributed by atoms with van der Waals surface area (Å²) in [7, 11) is 0. The van der Waals surface area contributed by atoms with Gasteiger partial charge >= 0.3 is 5.97 Å². The van der Waals surface area contributed by atoms with Crippen molar-refractivity contribution in [1.82, 2.24) is 4.90 Å². The molecule has 0 saturated heterocycles. The minimum atomic E-state index is -0.284. The molecule has 0 aliphatic rings. The fourth-order valence-electron chi connectivity index (χ4n) is 2.96. The van der Waals surface area contributed by atoms with Gasteiger partial charge in [0.2, 0.25) is 5.91 Å². The van der Waals surface area contributed by atoms with E-state index in [1.165, 1.54) is 0 Å². The van der Waals surface area contributed by atoms with Crippen molar-refractivity contribution in [2.45, 2.75) is 39.2 Å². The van der Waals surface area contributed by atoms with Crippen LogP contribution in [0, 0.1) is 0 Å². The van der Waals surface area contributed by atoms with E-state index in [0.717, 1.165) is 11.3 Å². The smallest absolute Gasteiger partial charge is 0.307 e. The molecule has 0 saturated carbocycles. The molecule has 0 heterocycles. The molecule has 0 radical (unpaired) electrons. The first-order chi connectivity index (χ1) is 13.6. The van der Waals surface area contributed by atoms with Crippen molar-refractivity contribution < 1.29 is 19.1 Å². The number of nitrogens with zero attached hydrogens (tertiary/aromatic N) is 1. The summed E-state index contributed by atoms with van der Waals surface area (Å²) < 4.78 is 10.7.